The first-order chi connectivity index (χ1) is 9.06. The van der Waals surface area contributed by atoms with Crippen LogP contribution in [0.1, 0.15) is 19.3 Å². The highest BCUT2D eigenvalue weighted by atomic mass is 79.9. The maximum absolute atomic E-state index is 12.1. The molecule has 1 unspecified atom stereocenters. The van der Waals surface area contributed by atoms with Crippen LogP contribution < -0.4 is 10.6 Å². The Morgan fingerprint density at radius 3 is 2.58 bits per heavy atom. The first kappa shape index (κ1) is 15.5. The van der Waals surface area contributed by atoms with Crippen molar-refractivity contribution in [3.63, 3.8) is 0 Å². The van der Waals surface area contributed by atoms with Crippen LogP contribution in [0.2, 0.25) is 0 Å². The number of halogens is 3. The largest absolute Gasteiger partial charge is 0.324 e. The number of hydrogen-bond donors (Lipinski definition) is 2. The molecule has 1 atom stereocenters. The van der Waals surface area contributed by atoms with Gasteiger partial charge in [-0.2, -0.15) is 0 Å². The highest BCUT2D eigenvalue weighted by molar-refractivity contribution is 9.11. The van der Waals surface area contributed by atoms with Gasteiger partial charge in [-0.1, -0.05) is 15.9 Å². The van der Waals surface area contributed by atoms with Crippen molar-refractivity contribution >= 4 is 59.4 Å². The third-order valence-corrected chi connectivity index (χ3v) is 4.85. The first-order valence-electron chi connectivity index (χ1n) is 6.21. The molecule has 1 aromatic carbocycles. The van der Waals surface area contributed by atoms with Gasteiger partial charge in [-0.05, 0) is 75.8 Å². The van der Waals surface area contributed by atoms with E-state index in [2.05, 4.69) is 58.4 Å². The van der Waals surface area contributed by atoms with Gasteiger partial charge in [-0.25, -0.2) is 0 Å². The fourth-order valence-corrected chi connectivity index (χ4v) is 4.67. The second-order valence-electron chi connectivity index (χ2n) is 4.71. The minimum absolute atomic E-state index is 0.0671. The van der Waals surface area contributed by atoms with Gasteiger partial charge >= 0.3 is 0 Å². The van der Waals surface area contributed by atoms with Gasteiger partial charge in [0.15, 0.2) is 0 Å². The van der Waals surface area contributed by atoms with E-state index in [9.17, 15) is 4.79 Å². The van der Waals surface area contributed by atoms with Crippen LogP contribution in [-0.2, 0) is 4.79 Å². The SMILES string of the molecule is O=C(CC1CCCNC1)Nc1c(Br)cc(Br)cc1Br. The van der Waals surface area contributed by atoms with E-state index in [-0.39, 0.29) is 5.91 Å². The zero-order valence-electron chi connectivity index (χ0n) is 10.3. The van der Waals surface area contributed by atoms with Gasteiger partial charge in [0.2, 0.25) is 5.91 Å². The molecule has 0 aliphatic carbocycles. The molecule has 1 fully saturated rings. The Morgan fingerprint density at radius 1 is 1.32 bits per heavy atom. The van der Waals surface area contributed by atoms with Crippen molar-refractivity contribution in [2.75, 3.05) is 18.4 Å². The van der Waals surface area contributed by atoms with Crippen LogP contribution in [-0.4, -0.2) is 19.0 Å². The van der Waals surface area contributed by atoms with Crippen molar-refractivity contribution in [1.29, 1.82) is 0 Å². The highest BCUT2D eigenvalue weighted by Crippen LogP contribution is 2.34. The molecule has 2 N–H and O–H groups in total. The maximum atomic E-state index is 12.1. The number of hydrogen-bond acceptors (Lipinski definition) is 2. The number of carbonyl (C=O) groups excluding carboxylic acids is 1. The fraction of sp³-hybridized carbons (Fsp3) is 0.462. The van der Waals surface area contributed by atoms with Crippen molar-refractivity contribution in [2.45, 2.75) is 19.3 Å². The summed E-state index contributed by atoms with van der Waals surface area (Å²) in [6.07, 6.45) is 2.86. The third-order valence-electron chi connectivity index (χ3n) is 3.14. The molecule has 1 aliphatic rings. The Kier molecular flexibility index (Phi) is 5.87. The van der Waals surface area contributed by atoms with Gasteiger partial charge in [-0.3, -0.25) is 4.79 Å². The molecule has 0 spiro atoms. The minimum atomic E-state index is 0.0671. The molecule has 0 aromatic heterocycles. The van der Waals surface area contributed by atoms with Gasteiger partial charge in [0, 0.05) is 19.8 Å². The summed E-state index contributed by atoms with van der Waals surface area (Å²) >= 11 is 10.3. The molecule has 1 aliphatic heterocycles. The van der Waals surface area contributed by atoms with E-state index in [1.54, 1.807) is 0 Å². The van der Waals surface area contributed by atoms with E-state index < -0.39 is 0 Å². The molecule has 1 saturated heterocycles. The van der Waals surface area contributed by atoms with Crippen molar-refractivity contribution in [3.8, 4) is 0 Å². The Morgan fingerprint density at radius 2 is 2.00 bits per heavy atom. The van der Waals surface area contributed by atoms with Crippen LogP contribution in [0.4, 0.5) is 5.69 Å². The van der Waals surface area contributed by atoms with Crippen LogP contribution in [0.25, 0.3) is 0 Å². The molecule has 6 heteroatoms. The Hall–Kier alpha value is 0.0900. The Bertz CT molecular complexity index is 450. The summed E-state index contributed by atoms with van der Waals surface area (Å²) in [4.78, 5) is 12.1. The number of nitrogens with one attached hydrogen (secondary N) is 2. The van der Waals surface area contributed by atoms with Crippen LogP contribution in [0.5, 0.6) is 0 Å². The lowest BCUT2D eigenvalue weighted by molar-refractivity contribution is -0.117. The smallest absolute Gasteiger partial charge is 0.224 e. The highest BCUT2D eigenvalue weighted by Gasteiger charge is 2.18. The van der Waals surface area contributed by atoms with Gasteiger partial charge in [0.25, 0.3) is 0 Å². The molecular weight excluding hydrogens is 440 g/mol. The molecule has 104 valence electrons. The quantitative estimate of drug-likeness (QED) is 0.714. The normalized spacial score (nSPS) is 19.2. The maximum Gasteiger partial charge on any atom is 0.224 e. The molecule has 1 aromatic rings. The lowest BCUT2D eigenvalue weighted by Crippen LogP contribution is -2.32. The zero-order chi connectivity index (χ0) is 13.8. The first-order valence-corrected chi connectivity index (χ1v) is 8.59. The van der Waals surface area contributed by atoms with E-state index in [0.29, 0.717) is 12.3 Å². The van der Waals surface area contributed by atoms with Crippen LogP contribution in [0.15, 0.2) is 25.6 Å². The summed E-state index contributed by atoms with van der Waals surface area (Å²) in [5.74, 6) is 0.513. The van der Waals surface area contributed by atoms with Crippen LogP contribution in [0, 0.1) is 5.92 Å². The lowest BCUT2D eigenvalue weighted by atomic mass is 9.96. The molecule has 2 rings (SSSR count). The summed E-state index contributed by atoms with van der Waals surface area (Å²) in [6.45, 7) is 2.01. The lowest BCUT2D eigenvalue weighted by Gasteiger charge is -2.22. The van der Waals surface area contributed by atoms with E-state index in [0.717, 1.165) is 45.0 Å². The molecule has 0 radical (unpaired) electrons. The standard InChI is InChI=1S/C13H15Br3N2O/c14-9-5-10(15)13(11(16)6-9)18-12(19)4-8-2-1-3-17-7-8/h5-6,8,17H,1-4,7H2,(H,18,19). The predicted molar refractivity (Wildman–Crippen MR) is 88.4 cm³/mol. The Labute approximate surface area is 138 Å². The zero-order valence-corrected chi connectivity index (χ0v) is 15.1. The monoisotopic (exact) mass is 452 g/mol. The summed E-state index contributed by atoms with van der Waals surface area (Å²) in [7, 11) is 0. The summed E-state index contributed by atoms with van der Waals surface area (Å²) in [5.41, 5.74) is 0.789. The molecule has 1 heterocycles. The number of amides is 1. The summed E-state index contributed by atoms with van der Waals surface area (Å²) in [6, 6.07) is 3.84. The molecule has 0 saturated carbocycles. The second-order valence-corrected chi connectivity index (χ2v) is 7.33. The molecule has 0 bridgehead atoms. The molecular formula is C13H15Br3N2O. The van der Waals surface area contributed by atoms with Gasteiger partial charge < -0.3 is 10.6 Å². The van der Waals surface area contributed by atoms with Gasteiger partial charge in [-0.15, -0.1) is 0 Å². The van der Waals surface area contributed by atoms with Gasteiger partial charge in [0.1, 0.15) is 0 Å². The second kappa shape index (κ2) is 7.20. The number of carbonyl (C=O) groups is 1. The van der Waals surface area contributed by atoms with Crippen molar-refractivity contribution in [2.24, 2.45) is 5.92 Å². The van der Waals surface area contributed by atoms with E-state index >= 15 is 0 Å². The summed E-state index contributed by atoms with van der Waals surface area (Å²) < 4.78 is 2.69. The van der Waals surface area contributed by atoms with Crippen molar-refractivity contribution in [1.82, 2.24) is 5.32 Å². The van der Waals surface area contributed by atoms with Crippen molar-refractivity contribution < 1.29 is 4.79 Å². The molecule has 3 nitrogen and oxygen atoms in total. The predicted octanol–water partition coefficient (Wildman–Crippen LogP) is 4.30. The fourth-order valence-electron chi connectivity index (χ4n) is 2.21. The number of rotatable bonds is 3. The number of piperidine rings is 1. The molecule has 1 amide bonds. The topological polar surface area (TPSA) is 41.1 Å². The molecule has 19 heavy (non-hydrogen) atoms. The van der Waals surface area contributed by atoms with E-state index in [4.69, 9.17) is 0 Å². The average molecular weight is 455 g/mol. The average Bonchev–Trinajstić information content (AvgIpc) is 2.35. The summed E-state index contributed by atoms with van der Waals surface area (Å²) in [5, 5.41) is 6.30. The Balaban J connectivity index is 1.98. The number of benzene rings is 1. The van der Waals surface area contributed by atoms with Crippen molar-refractivity contribution in [3.05, 3.63) is 25.6 Å². The van der Waals surface area contributed by atoms with Crippen LogP contribution >= 0.6 is 47.8 Å². The van der Waals surface area contributed by atoms with Gasteiger partial charge in [0.05, 0.1) is 5.69 Å². The van der Waals surface area contributed by atoms with E-state index in [1.165, 1.54) is 0 Å². The minimum Gasteiger partial charge on any atom is -0.324 e. The van der Waals surface area contributed by atoms with E-state index in [1.807, 2.05) is 12.1 Å². The number of anilines is 1. The van der Waals surface area contributed by atoms with Crippen LogP contribution in [0.3, 0.4) is 0 Å². The third kappa shape index (κ3) is 4.55.